The number of carbonyl (C=O) groups excluding carboxylic acids is 3. The van der Waals surface area contributed by atoms with Crippen LogP contribution in [-0.2, 0) is 14.3 Å². The predicted molar refractivity (Wildman–Crippen MR) is 116 cm³/mol. The van der Waals surface area contributed by atoms with Crippen LogP contribution in [0.1, 0.15) is 53.6 Å². The van der Waals surface area contributed by atoms with Crippen molar-refractivity contribution in [1.82, 2.24) is 0 Å². The average molecular weight is 437 g/mol. The third-order valence-electron chi connectivity index (χ3n) is 4.10. The summed E-state index contributed by atoms with van der Waals surface area (Å²) in [6, 6.07) is 5.45. The van der Waals surface area contributed by atoms with Crippen LogP contribution in [0.2, 0.25) is 5.02 Å². The van der Waals surface area contributed by atoms with Crippen molar-refractivity contribution in [3.63, 3.8) is 0 Å². The molecule has 6 nitrogen and oxygen atoms in total. The SMILES string of the molecule is Cc1sc(NC(=O)[C@@H](N)CC(=O)OC(C)(C)C)c(C(=O)c2ccc(Cl)cc2)c1C. The summed E-state index contributed by atoms with van der Waals surface area (Å²) in [5, 5.41) is 3.64. The van der Waals surface area contributed by atoms with Gasteiger partial charge in [0.05, 0.1) is 18.0 Å². The Morgan fingerprint density at radius 2 is 1.76 bits per heavy atom. The molecule has 0 saturated carbocycles. The Kier molecular flexibility index (Phi) is 7.21. The van der Waals surface area contributed by atoms with E-state index in [1.807, 2.05) is 13.8 Å². The fourth-order valence-electron chi connectivity index (χ4n) is 2.59. The first-order chi connectivity index (χ1) is 13.4. The second-order valence-electron chi connectivity index (χ2n) is 7.71. The molecule has 8 heteroatoms. The van der Waals surface area contributed by atoms with E-state index in [9.17, 15) is 14.4 Å². The number of ketones is 1. The van der Waals surface area contributed by atoms with Crippen molar-refractivity contribution in [3.05, 3.63) is 50.9 Å². The molecule has 0 radical (unpaired) electrons. The number of ether oxygens (including phenoxy) is 1. The highest BCUT2D eigenvalue weighted by Crippen LogP contribution is 2.34. The quantitative estimate of drug-likeness (QED) is 0.521. The van der Waals surface area contributed by atoms with E-state index in [1.165, 1.54) is 11.3 Å². The smallest absolute Gasteiger partial charge is 0.308 e. The monoisotopic (exact) mass is 436 g/mol. The minimum atomic E-state index is -1.09. The standard InChI is InChI=1S/C21H25ClN2O4S/c1-11-12(2)29-20(17(11)18(26)13-6-8-14(22)9-7-13)24-19(27)15(23)10-16(25)28-21(3,4)5/h6-9,15H,10,23H2,1-5H3,(H,24,27)/t15-/m0/s1. The number of esters is 1. The number of nitrogens with one attached hydrogen (secondary N) is 1. The molecule has 0 aliphatic carbocycles. The van der Waals surface area contributed by atoms with Gasteiger partial charge in [0.15, 0.2) is 5.78 Å². The van der Waals surface area contributed by atoms with Crippen LogP contribution >= 0.6 is 22.9 Å². The van der Waals surface area contributed by atoms with Gasteiger partial charge < -0.3 is 15.8 Å². The first-order valence-corrected chi connectivity index (χ1v) is 10.3. The summed E-state index contributed by atoms with van der Waals surface area (Å²) in [7, 11) is 0. The van der Waals surface area contributed by atoms with Crippen LogP contribution in [0.4, 0.5) is 5.00 Å². The minimum absolute atomic E-state index is 0.223. The van der Waals surface area contributed by atoms with Gasteiger partial charge in [0.2, 0.25) is 5.91 Å². The number of amides is 1. The van der Waals surface area contributed by atoms with Gasteiger partial charge in [-0.05, 0) is 64.4 Å². The molecule has 0 saturated heterocycles. The molecule has 1 heterocycles. The molecule has 0 unspecified atom stereocenters. The van der Waals surface area contributed by atoms with Crippen LogP contribution in [0, 0.1) is 13.8 Å². The lowest BCUT2D eigenvalue weighted by Crippen LogP contribution is -2.39. The van der Waals surface area contributed by atoms with E-state index < -0.39 is 23.5 Å². The lowest BCUT2D eigenvalue weighted by molar-refractivity contribution is -0.155. The van der Waals surface area contributed by atoms with Crippen LogP contribution in [-0.4, -0.2) is 29.3 Å². The van der Waals surface area contributed by atoms with Gasteiger partial charge in [0, 0.05) is 15.5 Å². The summed E-state index contributed by atoms with van der Waals surface area (Å²) >= 11 is 7.19. The summed E-state index contributed by atoms with van der Waals surface area (Å²) in [6.45, 7) is 8.91. The number of nitrogens with two attached hydrogens (primary N) is 1. The van der Waals surface area contributed by atoms with E-state index in [0.29, 0.717) is 21.2 Å². The number of aryl methyl sites for hydroxylation is 1. The highest BCUT2D eigenvalue weighted by atomic mass is 35.5. The minimum Gasteiger partial charge on any atom is -0.460 e. The van der Waals surface area contributed by atoms with Crippen LogP contribution < -0.4 is 11.1 Å². The molecule has 29 heavy (non-hydrogen) atoms. The summed E-state index contributed by atoms with van der Waals surface area (Å²) in [5.41, 5.74) is 6.87. The molecule has 1 aromatic heterocycles. The molecule has 0 aliphatic heterocycles. The molecule has 0 bridgehead atoms. The Morgan fingerprint density at radius 3 is 2.31 bits per heavy atom. The number of benzene rings is 1. The zero-order valence-electron chi connectivity index (χ0n) is 17.1. The predicted octanol–water partition coefficient (Wildman–Crippen LogP) is 4.25. The van der Waals surface area contributed by atoms with E-state index in [2.05, 4.69) is 5.32 Å². The van der Waals surface area contributed by atoms with Crippen molar-refractivity contribution in [2.75, 3.05) is 5.32 Å². The van der Waals surface area contributed by atoms with Gasteiger partial charge in [-0.3, -0.25) is 14.4 Å². The van der Waals surface area contributed by atoms with Gasteiger partial charge in [-0.15, -0.1) is 11.3 Å². The maximum absolute atomic E-state index is 13.0. The lowest BCUT2D eigenvalue weighted by atomic mass is 10.0. The molecule has 1 atom stereocenters. The fraction of sp³-hybridized carbons (Fsp3) is 0.381. The van der Waals surface area contributed by atoms with Crippen molar-refractivity contribution in [2.45, 2.75) is 52.7 Å². The van der Waals surface area contributed by atoms with Crippen molar-refractivity contribution in [3.8, 4) is 0 Å². The third kappa shape index (κ3) is 6.13. The Hall–Kier alpha value is -2.22. The van der Waals surface area contributed by atoms with Crippen molar-refractivity contribution >= 4 is 45.6 Å². The number of rotatable bonds is 6. The number of hydrogen-bond acceptors (Lipinski definition) is 6. The lowest BCUT2D eigenvalue weighted by Gasteiger charge is -2.20. The van der Waals surface area contributed by atoms with Crippen LogP contribution in [0.25, 0.3) is 0 Å². The normalized spacial score (nSPS) is 12.4. The number of anilines is 1. The van der Waals surface area contributed by atoms with Gasteiger partial charge >= 0.3 is 5.97 Å². The Morgan fingerprint density at radius 1 is 1.17 bits per heavy atom. The van der Waals surface area contributed by atoms with Crippen LogP contribution in [0.15, 0.2) is 24.3 Å². The van der Waals surface area contributed by atoms with E-state index in [4.69, 9.17) is 22.1 Å². The molecule has 156 valence electrons. The molecule has 0 aliphatic rings. The van der Waals surface area contributed by atoms with Gasteiger partial charge in [0.25, 0.3) is 0 Å². The molecule has 0 fully saturated rings. The maximum Gasteiger partial charge on any atom is 0.308 e. The van der Waals surface area contributed by atoms with Crippen molar-refractivity contribution < 1.29 is 19.1 Å². The number of halogens is 1. The highest BCUT2D eigenvalue weighted by Gasteiger charge is 2.26. The fourth-order valence-corrected chi connectivity index (χ4v) is 3.78. The van der Waals surface area contributed by atoms with E-state index in [0.717, 1.165) is 10.4 Å². The first-order valence-electron chi connectivity index (χ1n) is 9.07. The van der Waals surface area contributed by atoms with Crippen LogP contribution in [0.3, 0.4) is 0 Å². The summed E-state index contributed by atoms with van der Waals surface area (Å²) in [5.74, 6) is -1.34. The second kappa shape index (κ2) is 9.07. The molecule has 2 aromatic rings. The van der Waals surface area contributed by atoms with Crippen LogP contribution in [0.5, 0.6) is 0 Å². The Balaban J connectivity index is 2.20. The highest BCUT2D eigenvalue weighted by molar-refractivity contribution is 7.16. The molecule has 3 N–H and O–H groups in total. The van der Waals surface area contributed by atoms with E-state index >= 15 is 0 Å². The molecule has 1 amide bonds. The molecule has 0 spiro atoms. The van der Waals surface area contributed by atoms with Gasteiger partial charge in [0.1, 0.15) is 10.6 Å². The van der Waals surface area contributed by atoms with E-state index in [1.54, 1.807) is 45.0 Å². The molecule has 2 rings (SSSR count). The molecular formula is C21H25ClN2O4S. The summed E-state index contributed by atoms with van der Waals surface area (Å²) in [6.07, 6.45) is -0.257. The van der Waals surface area contributed by atoms with Gasteiger partial charge in [-0.2, -0.15) is 0 Å². The van der Waals surface area contributed by atoms with Crippen molar-refractivity contribution in [1.29, 1.82) is 0 Å². The average Bonchev–Trinajstić information content (AvgIpc) is 2.87. The van der Waals surface area contributed by atoms with E-state index in [-0.39, 0.29) is 12.2 Å². The Bertz CT molecular complexity index is 929. The molecular weight excluding hydrogens is 412 g/mol. The number of thiophene rings is 1. The van der Waals surface area contributed by atoms with Gasteiger partial charge in [-0.1, -0.05) is 11.6 Å². The first kappa shape index (κ1) is 23.1. The summed E-state index contributed by atoms with van der Waals surface area (Å²) < 4.78 is 5.20. The second-order valence-corrected chi connectivity index (χ2v) is 9.37. The topological polar surface area (TPSA) is 98.5 Å². The van der Waals surface area contributed by atoms with Crippen molar-refractivity contribution in [2.24, 2.45) is 5.73 Å². The summed E-state index contributed by atoms with van der Waals surface area (Å²) in [4.78, 5) is 38.4. The number of carbonyl (C=O) groups is 3. The largest absolute Gasteiger partial charge is 0.460 e. The zero-order chi connectivity index (χ0) is 21.9. The number of hydrogen-bond donors (Lipinski definition) is 2. The zero-order valence-corrected chi connectivity index (χ0v) is 18.7. The molecule has 1 aromatic carbocycles. The Labute approximate surface area is 179 Å². The maximum atomic E-state index is 13.0. The van der Waals surface area contributed by atoms with Gasteiger partial charge in [-0.25, -0.2) is 0 Å². The third-order valence-corrected chi connectivity index (χ3v) is 5.47.